The number of aromatic nitrogens is 1. The molecule has 0 saturated carbocycles. The second kappa shape index (κ2) is 13.3. The Morgan fingerprint density at radius 3 is 2.32 bits per heavy atom. The van der Waals surface area contributed by atoms with Crippen LogP contribution in [0.25, 0.3) is 22.2 Å². The predicted molar refractivity (Wildman–Crippen MR) is 152 cm³/mol. The number of aryl methyl sites for hydroxylation is 1. The van der Waals surface area contributed by atoms with Crippen LogP contribution in [-0.2, 0) is 18.4 Å². The molecule has 1 fully saturated rings. The van der Waals surface area contributed by atoms with Gasteiger partial charge < -0.3 is 29.5 Å². The third kappa shape index (κ3) is 5.96. The van der Waals surface area contributed by atoms with Crippen molar-refractivity contribution in [2.75, 3.05) is 45.8 Å². The van der Waals surface area contributed by atoms with Crippen LogP contribution in [0.4, 0.5) is 5.69 Å². The number of rotatable bonds is 5. The number of hydrogen-bond donors (Lipinski definition) is 2. The van der Waals surface area contributed by atoms with E-state index in [0.717, 1.165) is 58.8 Å². The number of aliphatic carboxylic acids is 1. The summed E-state index contributed by atoms with van der Waals surface area (Å²) in [5.74, 6) is 1.32. The molecule has 2 aliphatic heterocycles. The summed E-state index contributed by atoms with van der Waals surface area (Å²) in [5.41, 5.74) is 5.42. The van der Waals surface area contributed by atoms with Gasteiger partial charge in [-0.05, 0) is 50.7 Å². The molecule has 2 N–H and O–H groups in total. The van der Waals surface area contributed by atoms with Crippen LogP contribution in [0.15, 0.2) is 36.4 Å². The first kappa shape index (κ1) is 29.0. The van der Waals surface area contributed by atoms with E-state index in [1.807, 2.05) is 33.0 Å². The van der Waals surface area contributed by atoms with Crippen LogP contribution in [0.3, 0.4) is 0 Å². The molecule has 2 aromatic carbocycles. The fourth-order valence-corrected chi connectivity index (χ4v) is 4.91. The minimum Gasteiger partial charge on any atom is -0.493 e. The van der Waals surface area contributed by atoms with E-state index in [2.05, 4.69) is 53.0 Å². The minimum absolute atomic E-state index is 0.241. The van der Waals surface area contributed by atoms with Crippen molar-refractivity contribution in [3.05, 3.63) is 42.0 Å². The molecule has 8 heteroatoms. The van der Waals surface area contributed by atoms with Crippen molar-refractivity contribution in [2.24, 2.45) is 13.0 Å². The van der Waals surface area contributed by atoms with E-state index >= 15 is 0 Å². The molecule has 38 heavy (non-hydrogen) atoms. The largest absolute Gasteiger partial charge is 0.493 e. The minimum atomic E-state index is -0.691. The topological polar surface area (TPSA) is 84.1 Å². The zero-order valence-electron chi connectivity index (χ0n) is 23.8. The maximum absolute atomic E-state index is 11.3. The Kier molecular flexibility index (Phi) is 10.2. The van der Waals surface area contributed by atoms with E-state index in [4.69, 9.17) is 14.2 Å². The third-order valence-electron chi connectivity index (χ3n) is 7.03. The van der Waals surface area contributed by atoms with Crippen LogP contribution in [0.5, 0.6) is 17.2 Å². The highest BCUT2D eigenvalue weighted by atomic mass is 16.5. The number of hydrogen-bond acceptors (Lipinski definition) is 6. The molecule has 0 atom stereocenters. The Bertz CT molecular complexity index is 1250. The van der Waals surface area contributed by atoms with Gasteiger partial charge in [-0.15, -0.1) is 0 Å². The van der Waals surface area contributed by atoms with Gasteiger partial charge in [0.25, 0.3) is 0 Å². The van der Waals surface area contributed by atoms with Crippen molar-refractivity contribution >= 4 is 22.6 Å². The maximum Gasteiger partial charge on any atom is 0.306 e. The summed E-state index contributed by atoms with van der Waals surface area (Å²) in [6.45, 7) is 9.11. The van der Waals surface area contributed by atoms with Crippen LogP contribution < -0.4 is 29.0 Å². The summed E-state index contributed by atoms with van der Waals surface area (Å²) < 4.78 is 19.3. The molecule has 2 aliphatic rings. The molecule has 0 spiro atoms. The molecule has 1 aromatic heterocycles. The number of carboxylic acid groups (broad SMARTS) is 1. The number of nitrogens with zero attached hydrogens (tertiary/aromatic N) is 2. The lowest BCUT2D eigenvalue weighted by atomic mass is 9.96. The lowest BCUT2D eigenvalue weighted by Gasteiger charge is -2.32. The van der Waals surface area contributed by atoms with Crippen molar-refractivity contribution in [1.29, 1.82) is 0 Å². The van der Waals surface area contributed by atoms with Gasteiger partial charge in [-0.3, -0.25) is 4.79 Å². The fourth-order valence-electron chi connectivity index (χ4n) is 4.91. The molecular weight excluding hydrogens is 482 g/mol. The highest BCUT2D eigenvalue weighted by Gasteiger charge is 2.30. The molecule has 0 radical (unpaired) electrons. The predicted octanol–water partition coefficient (Wildman–Crippen LogP) is 4.79. The van der Waals surface area contributed by atoms with Crippen molar-refractivity contribution in [3.8, 4) is 28.5 Å². The first-order valence-electron chi connectivity index (χ1n) is 13.4. The normalized spacial score (nSPS) is 14.1. The molecule has 1 saturated heterocycles. The van der Waals surface area contributed by atoms with Gasteiger partial charge in [-0.1, -0.05) is 20.8 Å². The molecular formula is C30H42N3O5+. The van der Waals surface area contributed by atoms with E-state index < -0.39 is 5.97 Å². The lowest BCUT2D eigenvalue weighted by Crippen LogP contribution is -2.36. The lowest BCUT2D eigenvalue weighted by molar-refractivity contribution is -0.634. The van der Waals surface area contributed by atoms with Crippen molar-refractivity contribution in [3.63, 3.8) is 0 Å². The van der Waals surface area contributed by atoms with E-state index in [-0.39, 0.29) is 5.92 Å². The van der Waals surface area contributed by atoms with Crippen LogP contribution in [0, 0.1) is 5.92 Å². The molecule has 0 amide bonds. The van der Waals surface area contributed by atoms with Crippen LogP contribution in [-0.4, -0.2) is 52.0 Å². The molecule has 206 valence electrons. The summed E-state index contributed by atoms with van der Waals surface area (Å²) in [7, 11) is 7.28. The number of nitrogens with one attached hydrogen (secondary N) is 1. The Labute approximate surface area is 226 Å². The average molecular weight is 525 g/mol. The second-order valence-electron chi connectivity index (χ2n) is 9.12. The zero-order valence-corrected chi connectivity index (χ0v) is 23.8. The van der Waals surface area contributed by atoms with Gasteiger partial charge in [-0.25, -0.2) is 0 Å². The van der Waals surface area contributed by atoms with Crippen LogP contribution >= 0.6 is 0 Å². The Morgan fingerprint density at radius 2 is 1.74 bits per heavy atom. The van der Waals surface area contributed by atoms with Crippen LogP contribution in [0.2, 0.25) is 0 Å². The number of methoxy groups -OCH3 is 2. The zero-order chi connectivity index (χ0) is 27.8. The van der Waals surface area contributed by atoms with Gasteiger partial charge in [-0.2, -0.15) is 4.57 Å². The molecule has 0 aliphatic carbocycles. The van der Waals surface area contributed by atoms with Crippen LogP contribution in [0.1, 0.15) is 39.2 Å². The summed E-state index contributed by atoms with van der Waals surface area (Å²) in [5, 5.41) is 13.2. The Balaban J connectivity index is 0.000000612. The number of ether oxygens (including phenoxy) is 3. The quantitative estimate of drug-likeness (QED) is 0.464. The number of benzene rings is 2. The number of carboxylic acids is 1. The average Bonchev–Trinajstić information content (AvgIpc) is 2.97. The van der Waals surface area contributed by atoms with Gasteiger partial charge in [0.05, 0.1) is 42.7 Å². The maximum atomic E-state index is 11.3. The van der Waals surface area contributed by atoms with E-state index in [1.165, 1.54) is 0 Å². The smallest absolute Gasteiger partial charge is 0.306 e. The molecule has 0 bridgehead atoms. The van der Waals surface area contributed by atoms with Crippen molar-refractivity contribution < 1.29 is 28.7 Å². The van der Waals surface area contributed by atoms with Gasteiger partial charge in [0.1, 0.15) is 19.4 Å². The first-order chi connectivity index (χ1) is 18.4. The third-order valence-corrected chi connectivity index (χ3v) is 7.03. The number of fused-ring (bicyclic) bond motifs is 4. The number of anilines is 1. The van der Waals surface area contributed by atoms with E-state index in [9.17, 15) is 9.90 Å². The van der Waals surface area contributed by atoms with Gasteiger partial charge in [0, 0.05) is 24.8 Å². The fraction of sp³-hybridized carbons (Fsp3) is 0.467. The van der Waals surface area contributed by atoms with Crippen molar-refractivity contribution in [1.82, 2.24) is 5.32 Å². The standard InChI is InChI=1S/C25H26N2O5.C3H9N.C2H6/c1-26-20-13-23(31-3)22(30-2)11-16(20)10-17-14-32-21-12-18(4-5-19(21)24(17)26)27-8-6-15(7-9-27)25(28)29;1-3-4-2;1-2/h4-5,10-13,15H,6-9,14H2,1-3H3;4H,3H2,1-2H3;1-2H3/p+1. The highest BCUT2D eigenvalue weighted by molar-refractivity contribution is 5.84. The Hall–Kier alpha value is -3.52. The molecule has 3 heterocycles. The Morgan fingerprint density at radius 1 is 1.11 bits per heavy atom. The number of pyridine rings is 1. The monoisotopic (exact) mass is 524 g/mol. The molecule has 8 nitrogen and oxygen atoms in total. The van der Waals surface area contributed by atoms with Crippen molar-refractivity contribution in [2.45, 2.75) is 40.2 Å². The highest BCUT2D eigenvalue weighted by Crippen LogP contribution is 2.41. The first-order valence-corrected chi connectivity index (χ1v) is 13.4. The number of carbonyl (C=O) groups is 1. The summed E-state index contributed by atoms with van der Waals surface area (Å²) in [6.07, 6.45) is 1.34. The second-order valence-corrected chi connectivity index (χ2v) is 9.12. The molecule has 3 aromatic rings. The van der Waals surface area contributed by atoms with Gasteiger partial charge in [0.15, 0.2) is 11.5 Å². The summed E-state index contributed by atoms with van der Waals surface area (Å²) >= 11 is 0. The summed E-state index contributed by atoms with van der Waals surface area (Å²) in [4.78, 5) is 13.5. The van der Waals surface area contributed by atoms with E-state index in [1.54, 1.807) is 14.2 Å². The van der Waals surface area contributed by atoms with Gasteiger partial charge >= 0.3 is 5.97 Å². The van der Waals surface area contributed by atoms with Gasteiger partial charge in [0.2, 0.25) is 11.2 Å². The SMILES string of the molecule is CC.CCNC.COc1cc2cc3c([n+](C)c2cc1OC)-c1ccc(N2CCC(C(=O)O)CC2)cc1OC3. The molecule has 5 rings (SSSR count). The van der Waals surface area contributed by atoms with E-state index in [0.29, 0.717) is 30.9 Å². The molecule has 0 unspecified atom stereocenters. The number of piperidine rings is 1. The summed E-state index contributed by atoms with van der Waals surface area (Å²) in [6, 6.07) is 12.5.